The number of nitro benzene ring substituents is 1. The van der Waals surface area contributed by atoms with Crippen LogP contribution in [-0.2, 0) is 0 Å². The molecule has 128 valence electrons. The van der Waals surface area contributed by atoms with Crippen LogP contribution in [0.3, 0.4) is 0 Å². The number of imidazole rings is 1. The van der Waals surface area contributed by atoms with E-state index >= 15 is 0 Å². The molecule has 0 bridgehead atoms. The Morgan fingerprint density at radius 2 is 1.84 bits per heavy atom. The summed E-state index contributed by atoms with van der Waals surface area (Å²) in [5, 5.41) is 34.9. The Morgan fingerprint density at radius 3 is 2.48 bits per heavy atom. The average molecular weight is 343 g/mol. The minimum atomic E-state index is -1.01. The summed E-state index contributed by atoms with van der Waals surface area (Å²) in [7, 11) is 0. The molecule has 0 unspecified atom stereocenters. The maximum Gasteiger partial charge on any atom is 0.372 e. The van der Waals surface area contributed by atoms with Gasteiger partial charge in [0.05, 0.1) is 17.2 Å². The van der Waals surface area contributed by atoms with E-state index in [-0.39, 0.29) is 23.9 Å². The lowest BCUT2D eigenvalue weighted by atomic mass is 10.1. The number of rotatable bonds is 6. The van der Waals surface area contributed by atoms with Crippen molar-refractivity contribution in [2.45, 2.75) is 6.10 Å². The molecular formula is C15H13N5O5. The molecule has 10 heteroatoms. The van der Waals surface area contributed by atoms with Gasteiger partial charge < -0.3 is 20.5 Å². The number of nitrogens with zero attached hydrogens (tertiary/aromatic N) is 4. The van der Waals surface area contributed by atoms with E-state index in [1.165, 1.54) is 34.9 Å². The highest BCUT2D eigenvalue weighted by atomic mass is 16.6. The van der Waals surface area contributed by atoms with Gasteiger partial charge in [0.15, 0.2) is 0 Å². The highest BCUT2D eigenvalue weighted by molar-refractivity contribution is 5.62. The van der Waals surface area contributed by atoms with Gasteiger partial charge in [-0.3, -0.25) is 10.1 Å². The summed E-state index contributed by atoms with van der Waals surface area (Å²) in [5.74, 6) is -0.191. The first-order chi connectivity index (χ1) is 12.0. The molecule has 3 aromatic rings. The average Bonchev–Trinajstić information content (AvgIpc) is 2.98. The number of aliphatic hydroxyl groups is 1. The number of hydrogen-bond donors (Lipinski definition) is 2. The number of aliphatic hydroxyl groups excluding tert-OH is 1. The maximum absolute atomic E-state index is 11.3. The van der Waals surface area contributed by atoms with Crippen LogP contribution < -0.4 is 5.32 Å². The minimum Gasteiger partial charge on any atom is -0.387 e. The van der Waals surface area contributed by atoms with Crippen LogP contribution in [-0.4, -0.2) is 30.9 Å². The van der Waals surface area contributed by atoms with Crippen molar-refractivity contribution in [3.05, 3.63) is 74.5 Å². The van der Waals surface area contributed by atoms with E-state index in [1.54, 1.807) is 18.2 Å². The first kappa shape index (κ1) is 16.3. The Morgan fingerprint density at radius 1 is 1.12 bits per heavy atom. The van der Waals surface area contributed by atoms with Gasteiger partial charge in [-0.05, 0) is 28.7 Å². The SMILES string of the molecule is O=[N+]([O-])c1ccc([C@H](O)CNc2nc3ccccn3c2[N+](=O)[O-])cc1. The monoisotopic (exact) mass is 343 g/mol. The lowest BCUT2D eigenvalue weighted by Crippen LogP contribution is -2.13. The maximum atomic E-state index is 11.3. The van der Waals surface area contributed by atoms with Gasteiger partial charge in [0, 0.05) is 24.7 Å². The molecule has 1 atom stereocenters. The number of non-ortho nitro benzene ring substituents is 1. The molecule has 2 aromatic heterocycles. The van der Waals surface area contributed by atoms with E-state index in [9.17, 15) is 25.3 Å². The van der Waals surface area contributed by atoms with Crippen molar-refractivity contribution < 1.29 is 15.0 Å². The first-order valence-corrected chi connectivity index (χ1v) is 7.25. The van der Waals surface area contributed by atoms with Crippen LogP contribution >= 0.6 is 0 Å². The number of benzene rings is 1. The zero-order valence-electron chi connectivity index (χ0n) is 12.8. The van der Waals surface area contributed by atoms with Crippen LogP contribution in [0.1, 0.15) is 11.7 Å². The number of nitro groups is 2. The summed E-state index contributed by atoms with van der Waals surface area (Å²) in [5.41, 5.74) is 0.769. The second kappa shape index (κ2) is 6.53. The molecule has 0 aliphatic carbocycles. The Labute approximate surface area is 140 Å². The smallest absolute Gasteiger partial charge is 0.372 e. The second-order valence-electron chi connectivity index (χ2n) is 5.22. The van der Waals surface area contributed by atoms with E-state index in [0.29, 0.717) is 11.2 Å². The van der Waals surface area contributed by atoms with Gasteiger partial charge in [-0.25, -0.2) is 0 Å². The predicted molar refractivity (Wildman–Crippen MR) is 88.4 cm³/mol. The third-order valence-electron chi connectivity index (χ3n) is 3.63. The molecule has 0 aliphatic rings. The van der Waals surface area contributed by atoms with Crippen molar-refractivity contribution in [3.63, 3.8) is 0 Å². The van der Waals surface area contributed by atoms with Gasteiger partial charge >= 0.3 is 5.82 Å². The number of aromatic nitrogens is 2. The van der Waals surface area contributed by atoms with E-state index in [0.717, 1.165) is 0 Å². The third kappa shape index (κ3) is 3.23. The fraction of sp³-hybridized carbons (Fsp3) is 0.133. The summed E-state index contributed by atoms with van der Waals surface area (Å²) in [6.45, 7) is -0.0392. The summed E-state index contributed by atoms with van der Waals surface area (Å²) >= 11 is 0. The van der Waals surface area contributed by atoms with Gasteiger partial charge in [0.2, 0.25) is 11.5 Å². The molecule has 10 nitrogen and oxygen atoms in total. The van der Waals surface area contributed by atoms with Crippen LogP contribution in [0.15, 0.2) is 48.7 Å². The van der Waals surface area contributed by atoms with E-state index in [2.05, 4.69) is 10.3 Å². The van der Waals surface area contributed by atoms with E-state index in [4.69, 9.17) is 0 Å². The highest BCUT2D eigenvalue weighted by Gasteiger charge is 2.22. The Balaban J connectivity index is 1.79. The normalized spacial score (nSPS) is 12.0. The molecule has 0 aliphatic heterocycles. The molecule has 0 radical (unpaired) electrons. The Kier molecular flexibility index (Phi) is 4.27. The molecule has 0 spiro atoms. The number of hydrogen-bond acceptors (Lipinski definition) is 7. The molecule has 0 fully saturated rings. The van der Waals surface area contributed by atoms with Gasteiger partial charge in [0.25, 0.3) is 5.69 Å². The first-order valence-electron chi connectivity index (χ1n) is 7.25. The van der Waals surface area contributed by atoms with Crippen LogP contribution in [0.4, 0.5) is 17.3 Å². The van der Waals surface area contributed by atoms with Crippen molar-refractivity contribution in [3.8, 4) is 0 Å². The second-order valence-corrected chi connectivity index (χ2v) is 5.22. The van der Waals surface area contributed by atoms with Crippen molar-refractivity contribution in [2.75, 3.05) is 11.9 Å². The minimum absolute atomic E-state index is 0.0390. The Hall–Kier alpha value is -3.53. The van der Waals surface area contributed by atoms with Crippen LogP contribution in [0.5, 0.6) is 0 Å². The van der Waals surface area contributed by atoms with Gasteiger partial charge in [-0.2, -0.15) is 9.38 Å². The lowest BCUT2D eigenvalue weighted by Gasteiger charge is -2.11. The van der Waals surface area contributed by atoms with E-state index < -0.39 is 16.0 Å². The molecule has 0 amide bonds. The molecule has 0 saturated heterocycles. The molecule has 1 aromatic carbocycles. The van der Waals surface area contributed by atoms with Crippen molar-refractivity contribution in [1.29, 1.82) is 0 Å². The standard InChI is InChI=1S/C15H13N5O5/c21-12(10-4-6-11(7-5-10)19(22)23)9-16-14-15(20(24)25)18-8-2-1-3-13(18)17-14/h1-8,12,16,21H,9H2/t12-/m1/s1. The molecule has 0 saturated carbocycles. The molecule has 2 N–H and O–H groups in total. The summed E-state index contributed by atoms with van der Waals surface area (Å²) in [6.07, 6.45) is 0.517. The molecule has 2 heterocycles. The molecule has 25 heavy (non-hydrogen) atoms. The zero-order valence-corrected chi connectivity index (χ0v) is 12.8. The largest absolute Gasteiger partial charge is 0.387 e. The lowest BCUT2D eigenvalue weighted by molar-refractivity contribution is -0.389. The molecular weight excluding hydrogens is 330 g/mol. The van der Waals surface area contributed by atoms with Gasteiger partial charge in [0.1, 0.15) is 0 Å². The Bertz CT molecular complexity index is 937. The third-order valence-corrected chi connectivity index (χ3v) is 3.63. The number of nitrogens with one attached hydrogen (secondary N) is 1. The quantitative estimate of drug-likeness (QED) is 0.517. The van der Waals surface area contributed by atoms with Crippen LogP contribution in [0.25, 0.3) is 5.65 Å². The number of fused-ring (bicyclic) bond motifs is 1. The summed E-state index contributed by atoms with van der Waals surface area (Å²) in [4.78, 5) is 25.0. The van der Waals surface area contributed by atoms with E-state index in [1.807, 2.05) is 0 Å². The van der Waals surface area contributed by atoms with Crippen molar-refractivity contribution in [2.24, 2.45) is 0 Å². The van der Waals surface area contributed by atoms with Crippen LogP contribution in [0, 0.1) is 20.2 Å². The van der Waals surface area contributed by atoms with Crippen molar-refractivity contribution >= 4 is 23.0 Å². The number of anilines is 1. The fourth-order valence-corrected chi connectivity index (χ4v) is 2.41. The zero-order chi connectivity index (χ0) is 18.0. The van der Waals surface area contributed by atoms with Crippen LogP contribution in [0.2, 0.25) is 0 Å². The highest BCUT2D eigenvalue weighted by Crippen LogP contribution is 2.26. The topological polar surface area (TPSA) is 136 Å². The predicted octanol–water partition coefficient (Wildman–Crippen LogP) is 2.30. The van der Waals surface area contributed by atoms with Gasteiger partial charge in [-0.1, -0.05) is 6.07 Å². The number of pyridine rings is 1. The molecule has 3 rings (SSSR count). The fourth-order valence-electron chi connectivity index (χ4n) is 2.41. The van der Waals surface area contributed by atoms with Crippen molar-refractivity contribution in [1.82, 2.24) is 9.38 Å². The summed E-state index contributed by atoms with van der Waals surface area (Å²) in [6, 6.07) is 10.4. The van der Waals surface area contributed by atoms with Gasteiger partial charge in [-0.15, -0.1) is 0 Å². The summed E-state index contributed by atoms with van der Waals surface area (Å²) < 4.78 is 1.33.